The maximum absolute atomic E-state index is 14.7. The van der Waals surface area contributed by atoms with Gasteiger partial charge in [0.05, 0.1) is 21.3 Å². The highest BCUT2D eigenvalue weighted by Crippen LogP contribution is 2.26. The van der Waals surface area contributed by atoms with Gasteiger partial charge in [0.25, 0.3) is 10.0 Å². The lowest BCUT2D eigenvalue weighted by Gasteiger charge is -2.10. The van der Waals surface area contributed by atoms with Gasteiger partial charge in [-0.3, -0.25) is 9.40 Å². The number of thiazole rings is 1. The largest absolute Gasteiger partial charge is 0.338 e. The van der Waals surface area contributed by atoms with Gasteiger partial charge in [-0.2, -0.15) is 5.10 Å². The molecule has 0 radical (unpaired) electrons. The van der Waals surface area contributed by atoms with Crippen molar-refractivity contribution in [1.29, 1.82) is 0 Å². The molecule has 0 saturated heterocycles. The first kappa shape index (κ1) is 22.2. The van der Waals surface area contributed by atoms with Gasteiger partial charge in [-0.25, -0.2) is 22.2 Å². The molecule has 0 aliphatic heterocycles. The van der Waals surface area contributed by atoms with Crippen LogP contribution < -0.4 is 10.0 Å². The number of nitrogens with zero attached hydrogens (tertiary/aromatic N) is 3. The first-order chi connectivity index (χ1) is 15.2. The van der Waals surface area contributed by atoms with E-state index >= 15 is 0 Å². The van der Waals surface area contributed by atoms with Gasteiger partial charge >= 0.3 is 0 Å². The number of benzene rings is 2. The smallest absolute Gasteiger partial charge is 0.263 e. The fourth-order valence-electron chi connectivity index (χ4n) is 2.94. The van der Waals surface area contributed by atoms with Gasteiger partial charge < -0.3 is 5.32 Å². The normalized spacial score (nSPS) is 11.5. The van der Waals surface area contributed by atoms with E-state index in [0.717, 1.165) is 17.4 Å². The molecule has 4 rings (SSSR count). The van der Waals surface area contributed by atoms with Crippen LogP contribution in [0, 0.1) is 11.6 Å². The molecule has 12 heteroatoms. The molecule has 4 aromatic rings. The number of aromatic nitrogens is 3. The van der Waals surface area contributed by atoms with Crippen molar-refractivity contribution in [2.24, 2.45) is 7.05 Å². The fourth-order valence-corrected chi connectivity index (χ4v) is 4.86. The molecule has 2 heterocycles. The Hall–Kier alpha value is -3.02. The molecular formula is C20H16ClF2N5O2S2. The molecule has 2 aromatic carbocycles. The van der Waals surface area contributed by atoms with Crippen molar-refractivity contribution in [2.75, 3.05) is 10.0 Å². The van der Waals surface area contributed by atoms with Gasteiger partial charge in [0.1, 0.15) is 17.5 Å². The van der Waals surface area contributed by atoms with E-state index in [0.29, 0.717) is 23.5 Å². The Bertz CT molecular complexity index is 1370. The van der Waals surface area contributed by atoms with Crippen LogP contribution in [-0.2, 0) is 23.5 Å². The lowest BCUT2D eigenvalue weighted by atomic mass is 10.1. The minimum atomic E-state index is -3.97. The molecule has 7 nitrogen and oxygen atoms in total. The van der Waals surface area contributed by atoms with Crippen molar-refractivity contribution in [1.82, 2.24) is 14.8 Å². The summed E-state index contributed by atoms with van der Waals surface area (Å²) in [4.78, 5) is 3.63. The average Bonchev–Trinajstić information content (AvgIpc) is 3.35. The highest BCUT2D eigenvalue weighted by Gasteiger charge is 2.18. The standard InChI is InChI=1S/C20H16ClF2N5O2S2/c1-28-19(10-13(26-28)8-12-2-4-15(21)16(22)9-12)25-18-5-3-14(11-17(18)23)32(29,30)27-20-24-6-7-31-20/h2-7,9-11,25H,8H2,1H3,(H,24,27). The van der Waals surface area contributed by atoms with Crippen molar-refractivity contribution in [3.63, 3.8) is 0 Å². The minimum absolute atomic E-state index is 0.0416. The molecule has 0 aliphatic rings. The lowest BCUT2D eigenvalue weighted by Crippen LogP contribution is -2.13. The first-order valence-corrected chi connectivity index (χ1v) is 11.9. The molecular weight excluding hydrogens is 480 g/mol. The van der Waals surface area contributed by atoms with Crippen molar-refractivity contribution < 1.29 is 17.2 Å². The molecule has 0 bridgehead atoms. The summed E-state index contributed by atoms with van der Waals surface area (Å²) in [5, 5.41) is 9.10. The van der Waals surface area contributed by atoms with Crippen LogP contribution in [0.1, 0.15) is 11.3 Å². The summed E-state index contributed by atoms with van der Waals surface area (Å²) >= 11 is 6.82. The van der Waals surface area contributed by atoms with Crippen LogP contribution in [-0.4, -0.2) is 23.2 Å². The number of hydrogen-bond acceptors (Lipinski definition) is 6. The lowest BCUT2D eigenvalue weighted by molar-refractivity contribution is 0.596. The van der Waals surface area contributed by atoms with E-state index in [2.05, 4.69) is 20.1 Å². The summed E-state index contributed by atoms with van der Waals surface area (Å²) in [5.41, 5.74) is 1.39. The molecule has 166 valence electrons. The quantitative estimate of drug-likeness (QED) is 0.379. The zero-order chi connectivity index (χ0) is 22.9. The third-order valence-corrected chi connectivity index (χ3v) is 6.93. The van der Waals surface area contributed by atoms with E-state index < -0.39 is 21.7 Å². The second-order valence-corrected chi connectivity index (χ2v) is 9.76. The van der Waals surface area contributed by atoms with Crippen molar-refractivity contribution in [3.05, 3.63) is 82.0 Å². The second kappa shape index (κ2) is 8.85. The molecule has 0 saturated carbocycles. The molecule has 0 atom stereocenters. The monoisotopic (exact) mass is 495 g/mol. The Kier molecular flexibility index (Phi) is 6.13. The van der Waals surface area contributed by atoms with Crippen LogP contribution >= 0.6 is 22.9 Å². The summed E-state index contributed by atoms with van der Waals surface area (Å²) < 4.78 is 57.0. The number of sulfonamides is 1. The van der Waals surface area contributed by atoms with Crippen LogP contribution in [0.15, 0.2) is 58.9 Å². The Balaban J connectivity index is 1.51. The Morgan fingerprint density at radius 3 is 2.62 bits per heavy atom. The Morgan fingerprint density at radius 1 is 1.12 bits per heavy atom. The highest BCUT2D eigenvalue weighted by atomic mass is 35.5. The highest BCUT2D eigenvalue weighted by molar-refractivity contribution is 7.93. The Morgan fingerprint density at radius 2 is 1.94 bits per heavy atom. The number of halogens is 3. The van der Waals surface area contributed by atoms with Crippen molar-refractivity contribution in [3.8, 4) is 0 Å². The van der Waals surface area contributed by atoms with Crippen LogP contribution in [0.2, 0.25) is 5.02 Å². The molecule has 2 N–H and O–H groups in total. The molecule has 0 fully saturated rings. The van der Waals surface area contributed by atoms with Gasteiger partial charge in [-0.1, -0.05) is 17.7 Å². The number of anilines is 3. The summed E-state index contributed by atoms with van der Waals surface area (Å²) in [6.07, 6.45) is 1.81. The van der Waals surface area contributed by atoms with Crippen LogP contribution in [0.5, 0.6) is 0 Å². The summed E-state index contributed by atoms with van der Waals surface area (Å²) in [6.45, 7) is 0. The number of hydrogen-bond donors (Lipinski definition) is 2. The Labute approximate surface area is 191 Å². The maximum atomic E-state index is 14.7. The van der Waals surface area contributed by atoms with E-state index in [1.165, 1.54) is 35.1 Å². The van der Waals surface area contributed by atoms with Crippen molar-refractivity contribution >= 4 is 49.6 Å². The van der Waals surface area contributed by atoms with Gasteiger partial charge in [0.2, 0.25) is 0 Å². The van der Waals surface area contributed by atoms with Crippen LogP contribution in [0.4, 0.5) is 25.4 Å². The van der Waals surface area contributed by atoms with E-state index in [4.69, 9.17) is 11.6 Å². The molecule has 32 heavy (non-hydrogen) atoms. The molecule has 2 aromatic heterocycles. The zero-order valence-corrected chi connectivity index (χ0v) is 18.9. The second-order valence-electron chi connectivity index (χ2n) is 6.78. The predicted octanol–water partition coefficient (Wildman–Crippen LogP) is 4.94. The number of rotatable bonds is 7. The SMILES string of the molecule is Cn1nc(Cc2ccc(Cl)c(F)c2)cc1Nc1ccc(S(=O)(=O)Nc2nccs2)cc1F. The molecule has 0 amide bonds. The number of nitrogens with one attached hydrogen (secondary N) is 2. The molecule has 0 unspecified atom stereocenters. The zero-order valence-electron chi connectivity index (χ0n) is 16.5. The van der Waals surface area contributed by atoms with E-state index in [-0.39, 0.29) is 20.7 Å². The number of aryl methyl sites for hydroxylation is 1. The van der Waals surface area contributed by atoms with Crippen LogP contribution in [0.25, 0.3) is 0 Å². The third kappa shape index (κ3) is 4.90. The summed E-state index contributed by atoms with van der Waals surface area (Å²) in [6, 6.07) is 9.74. The minimum Gasteiger partial charge on any atom is -0.338 e. The van der Waals surface area contributed by atoms with Crippen LogP contribution in [0.3, 0.4) is 0 Å². The molecule has 0 aliphatic carbocycles. The average molecular weight is 496 g/mol. The van der Waals surface area contributed by atoms with Gasteiger partial charge in [0.15, 0.2) is 5.13 Å². The fraction of sp³-hybridized carbons (Fsp3) is 0.100. The van der Waals surface area contributed by atoms with E-state index in [1.54, 1.807) is 24.6 Å². The summed E-state index contributed by atoms with van der Waals surface area (Å²) in [5.74, 6) is -0.792. The van der Waals surface area contributed by atoms with E-state index in [9.17, 15) is 17.2 Å². The predicted molar refractivity (Wildman–Crippen MR) is 120 cm³/mol. The van der Waals surface area contributed by atoms with E-state index in [1.807, 2.05) is 0 Å². The molecule has 0 spiro atoms. The van der Waals surface area contributed by atoms with Gasteiger partial charge in [-0.15, -0.1) is 11.3 Å². The van der Waals surface area contributed by atoms with Gasteiger partial charge in [0, 0.05) is 31.1 Å². The van der Waals surface area contributed by atoms with Gasteiger partial charge in [-0.05, 0) is 35.9 Å². The van der Waals surface area contributed by atoms with Crippen molar-refractivity contribution in [2.45, 2.75) is 11.3 Å². The topological polar surface area (TPSA) is 88.9 Å². The first-order valence-electron chi connectivity index (χ1n) is 9.17. The third-order valence-electron chi connectivity index (χ3n) is 4.47. The maximum Gasteiger partial charge on any atom is 0.263 e. The summed E-state index contributed by atoms with van der Waals surface area (Å²) in [7, 11) is -2.30.